The van der Waals surface area contributed by atoms with Crippen LogP contribution in [0.25, 0.3) is 16.8 Å². The van der Waals surface area contributed by atoms with E-state index in [1.54, 1.807) is 25.8 Å². The molecule has 0 bridgehead atoms. The van der Waals surface area contributed by atoms with Crippen molar-refractivity contribution in [1.82, 2.24) is 19.8 Å². The fourth-order valence-corrected chi connectivity index (χ4v) is 4.80. The number of ether oxygens (including phenoxy) is 3. The topological polar surface area (TPSA) is 87.8 Å². The molecule has 2 heterocycles. The van der Waals surface area contributed by atoms with Crippen molar-refractivity contribution in [2.45, 2.75) is 25.4 Å². The Labute approximate surface area is 205 Å². The lowest BCUT2D eigenvalue weighted by molar-refractivity contribution is 0.0955. The van der Waals surface area contributed by atoms with E-state index < -0.39 is 0 Å². The van der Waals surface area contributed by atoms with E-state index in [4.69, 9.17) is 19.3 Å². The lowest BCUT2D eigenvalue weighted by atomic mass is 9.83. The zero-order chi connectivity index (χ0) is 23.8. The molecule has 1 atom stereocenters. The number of fused-ring (bicyclic) bond motifs is 3. The molecule has 0 unspecified atom stereocenters. The molecule has 0 saturated heterocycles. The van der Waals surface area contributed by atoms with Gasteiger partial charge < -0.3 is 14.2 Å². The van der Waals surface area contributed by atoms with E-state index in [9.17, 15) is 4.79 Å². The Kier molecular flexibility index (Phi) is 6.05. The number of hydrogen-bond donors (Lipinski definition) is 0. The minimum absolute atomic E-state index is 0.0625. The molecule has 0 amide bonds. The second-order valence-electron chi connectivity index (χ2n) is 8.13. The van der Waals surface area contributed by atoms with Gasteiger partial charge in [-0.25, -0.2) is 4.52 Å². The number of hydrogen-bond acceptors (Lipinski definition) is 7. The van der Waals surface area contributed by atoms with Gasteiger partial charge >= 0.3 is 0 Å². The van der Waals surface area contributed by atoms with Crippen LogP contribution in [-0.4, -0.2) is 46.9 Å². The normalized spacial score (nSPS) is 15.4. The second-order valence-corrected chi connectivity index (χ2v) is 9.04. The smallest absolute Gasteiger partial charge is 0.185 e. The van der Waals surface area contributed by atoms with Gasteiger partial charge in [0.05, 0.1) is 37.8 Å². The first kappa shape index (κ1) is 22.5. The van der Waals surface area contributed by atoms with Gasteiger partial charge in [0.2, 0.25) is 0 Å². The first-order chi connectivity index (χ1) is 16.5. The van der Waals surface area contributed by atoms with Gasteiger partial charge in [0.1, 0.15) is 11.5 Å². The lowest BCUT2D eigenvalue weighted by Crippen LogP contribution is -2.24. The lowest BCUT2D eigenvalue weighted by Gasteiger charge is -2.24. The summed E-state index contributed by atoms with van der Waals surface area (Å²) in [7, 11) is 4.87. The maximum Gasteiger partial charge on any atom is 0.185 e. The van der Waals surface area contributed by atoms with Crippen LogP contribution in [0.4, 0.5) is 0 Å². The summed E-state index contributed by atoms with van der Waals surface area (Å²) in [4.78, 5) is 13.1. The fraction of sp³-hybridized carbons (Fsp3) is 0.280. The molecule has 0 radical (unpaired) electrons. The Morgan fingerprint density at radius 1 is 1.03 bits per heavy atom. The van der Waals surface area contributed by atoms with Gasteiger partial charge in [-0.15, -0.1) is 10.2 Å². The van der Waals surface area contributed by atoms with Crippen LogP contribution in [0.2, 0.25) is 0 Å². The molecule has 5 rings (SSSR count). The van der Waals surface area contributed by atoms with Crippen molar-refractivity contribution in [1.29, 1.82) is 0 Å². The molecular formula is C25H23BrN4O4. The van der Waals surface area contributed by atoms with E-state index in [0.29, 0.717) is 42.3 Å². The van der Waals surface area contributed by atoms with Crippen LogP contribution in [0, 0.1) is 0 Å². The molecule has 4 aromatic rings. The molecule has 2 aromatic heterocycles. The van der Waals surface area contributed by atoms with Crippen molar-refractivity contribution in [3.05, 3.63) is 69.6 Å². The number of methoxy groups -OCH3 is 3. The Morgan fingerprint density at radius 2 is 1.82 bits per heavy atom. The van der Waals surface area contributed by atoms with Crippen molar-refractivity contribution < 1.29 is 19.0 Å². The molecule has 0 N–H and O–H groups in total. The molecule has 0 aliphatic heterocycles. The summed E-state index contributed by atoms with van der Waals surface area (Å²) in [5, 5.41) is 13.6. The highest BCUT2D eigenvalue weighted by molar-refractivity contribution is 9.10. The monoisotopic (exact) mass is 522 g/mol. The van der Waals surface area contributed by atoms with Crippen molar-refractivity contribution >= 4 is 27.4 Å². The largest absolute Gasteiger partial charge is 0.497 e. The molecular weight excluding hydrogens is 500 g/mol. The predicted octanol–water partition coefficient (Wildman–Crippen LogP) is 4.63. The SMILES string of the molecule is COCc1nn2c3c(nnc2c1-c1ccc(Br)cc1)C(=O)C[C@@H](c1ccc(OC)cc1OC)C3. The standard InChI is InChI=1S/C25H23BrN4O4/c1-32-13-19-23(14-4-6-16(26)7-5-14)25-28-27-24-20(30(25)29-19)10-15(11-21(24)31)18-9-8-17(33-2)12-22(18)34-3/h4-9,12,15H,10-11,13H2,1-3H3/t15-/m0/s1. The molecule has 1 aliphatic rings. The summed E-state index contributed by atoms with van der Waals surface area (Å²) in [6, 6.07) is 13.6. The van der Waals surface area contributed by atoms with E-state index >= 15 is 0 Å². The molecule has 1 aliphatic carbocycles. The highest BCUT2D eigenvalue weighted by Crippen LogP contribution is 2.39. The molecule has 0 spiro atoms. The summed E-state index contributed by atoms with van der Waals surface area (Å²) in [5.41, 5.74) is 5.20. The number of ketones is 1. The molecule has 0 fully saturated rings. The van der Waals surface area contributed by atoms with E-state index in [1.165, 1.54) is 0 Å². The highest BCUT2D eigenvalue weighted by atomic mass is 79.9. The average molecular weight is 523 g/mol. The number of halogens is 1. The highest BCUT2D eigenvalue weighted by Gasteiger charge is 2.33. The van der Waals surface area contributed by atoms with Crippen LogP contribution in [0.5, 0.6) is 11.5 Å². The average Bonchev–Trinajstić information content (AvgIpc) is 3.22. The van der Waals surface area contributed by atoms with E-state index in [2.05, 4.69) is 26.1 Å². The van der Waals surface area contributed by atoms with Gasteiger partial charge in [0.15, 0.2) is 17.1 Å². The van der Waals surface area contributed by atoms with Gasteiger partial charge in [-0.2, -0.15) is 5.10 Å². The first-order valence-corrected chi connectivity index (χ1v) is 11.6. The zero-order valence-electron chi connectivity index (χ0n) is 19.0. The Morgan fingerprint density at radius 3 is 2.53 bits per heavy atom. The number of carbonyl (C=O) groups is 1. The van der Waals surface area contributed by atoms with Gasteiger partial charge in [-0.1, -0.05) is 34.1 Å². The van der Waals surface area contributed by atoms with Gasteiger partial charge in [-0.3, -0.25) is 4.79 Å². The number of rotatable bonds is 6. The van der Waals surface area contributed by atoms with Crippen LogP contribution in [0.15, 0.2) is 46.9 Å². The second kappa shape index (κ2) is 9.15. The Bertz CT molecular complexity index is 1380. The summed E-state index contributed by atoms with van der Waals surface area (Å²) < 4.78 is 19.1. The third kappa shape index (κ3) is 3.84. The van der Waals surface area contributed by atoms with Crippen LogP contribution in [0.3, 0.4) is 0 Å². The van der Waals surface area contributed by atoms with Crippen LogP contribution in [0.1, 0.15) is 39.8 Å². The number of carbonyl (C=O) groups excluding carboxylic acids is 1. The fourth-order valence-electron chi connectivity index (χ4n) is 4.54. The van der Waals surface area contributed by atoms with E-state index in [0.717, 1.165) is 32.6 Å². The zero-order valence-corrected chi connectivity index (χ0v) is 20.6. The third-order valence-electron chi connectivity index (χ3n) is 6.14. The Hall–Kier alpha value is -3.30. The molecule has 2 aromatic carbocycles. The van der Waals surface area contributed by atoms with Crippen LogP contribution in [-0.2, 0) is 17.8 Å². The van der Waals surface area contributed by atoms with Gasteiger partial charge in [0.25, 0.3) is 0 Å². The number of nitrogens with zero attached hydrogens (tertiary/aromatic N) is 4. The Balaban J connectivity index is 1.65. The molecule has 9 heteroatoms. The third-order valence-corrected chi connectivity index (χ3v) is 6.67. The molecule has 8 nitrogen and oxygen atoms in total. The minimum atomic E-state index is -0.0838. The molecule has 174 valence electrons. The van der Waals surface area contributed by atoms with Gasteiger partial charge in [0, 0.05) is 30.0 Å². The summed E-state index contributed by atoms with van der Waals surface area (Å²) in [5.74, 6) is 1.24. The number of Topliss-reactive ketones (excluding diaryl/α,β-unsaturated/α-hetero) is 1. The summed E-state index contributed by atoms with van der Waals surface area (Å²) in [6.07, 6.45) is 0.894. The number of benzene rings is 2. The summed E-state index contributed by atoms with van der Waals surface area (Å²) in [6.45, 7) is 0.313. The maximum atomic E-state index is 13.1. The quantitative estimate of drug-likeness (QED) is 0.364. The van der Waals surface area contributed by atoms with Crippen molar-refractivity contribution in [3.63, 3.8) is 0 Å². The van der Waals surface area contributed by atoms with E-state index in [-0.39, 0.29) is 11.7 Å². The van der Waals surface area contributed by atoms with Crippen molar-refractivity contribution in [2.75, 3.05) is 21.3 Å². The minimum Gasteiger partial charge on any atom is -0.497 e. The molecule has 0 saturated carbocycles. The van der Waals surface area contributed by atoms with Crippen LogP contribution < -0.4 is 9.47 Å². The van der Waals surface area contributed by atoms with Crippen molar-refractivity contribution in [2.24, 2.45) is 0 Å². The van der Waals surface area contributed by atoms with E-state index in [1.807, 2.05) is 42.5 Å². The predicted molar refractivity (Wildman–Crippen MR) is 130 cm³/mol. The van der Waals surface area contributed by atoms with Crippen molar-refractivity contribution in [3.8, 4) is 22.6 Å². The van der Waals surface area contributed by atoms with Crippen LogP contribution >= 0.6 is 15.9 Å². The summed E-state index contributed by atoms with van der Waals surface area (Å²) >= 11 is 3.48. The van der Waals surface area contributed by atoms with Gasteiger partial charge in [-0.05, 0) is 35.7 Å². The first-order valence-electron chi connectivity index (χ1n) is 10.8. The maximum absolute atomic E-state index is 13.1. The number of aromatic nitrogens is 4. The molecule has 34 heavy (non-hydrogen) atoms.